The highest BCUT2D eigenvalue weighted by Crippen LogP contribution is 2.31. The molecule has 0 spiro atoms. The molecule has 1 saturated heterocycles. The number of alkyl halides is 1. The summed E-state index contributed by atoms with van der Waals surface area (Å²) in [5, 5.41) is 1.07. The van der Waals surface area contributed by atoms with Crippen LogP contribution in [0.3, 0.4) is 0 Å². The van der Waals surface area contributed by atoms with Crippen LogP contribution in [0.5, 0.6) is 0 Å². The minimum atomic E-state index is 0.184. The van der Waals surface area contributed by atoms with Crippen LogP contribution in [0.25, 0.3) is 0 Å². The van der Waals surface area contributed by atoms with Gasteiger partial charge in [-0.25, -0.2) is 0 Å². The van der Waals surface area contributed by atoms with E-state index in [4.69, 9.17) is 4.74 Å². The van der Waals surface area contributed by atoms with Gasteiger partial charge in [0.1, 0.15) is 0 Å². The summed E-state index contributed by atoms with van der Waals surface area (Å²) in [6.45, 7) is 15.5. The molecule has 1 aliphatic rings. The van der Waals surface area contributed by atoms with E-state index in [-0.39, 0.29) is 5.54 Å². The zero-order chi connectivity index (χ0) is 12.4. The van der Waals surface area contributed by atoms with Crippen LogP contribution in [-0.4, -0.2) is 42.1 Å². The lowest BCUT2D eigenvalue weighted by Crippen LogP contribution is -2.55. The Morgan fingerprint density at radius 3 is 2.44 bits per heavy atom. The van der Waals surface area contributed by atoms with Crippen molar-refractivity contribution in [3.8, 4) is 0 Å². The molecule has 0 amide bonds. The SMILES string of the molecule is CC(C)(C)C(CBr)CN1CCOCC1(C)C. The molecule has 1 atom stereocenters. The first-order valence-corrected chi connectivity index (χ1v) is 7.28. The monoisotopic (exact) mass is 291 g/mol. The molecule has 0 aromatic heterocycles. The normalized spacial score (nSPS) is 24.4. The Labute approximate surface area is 109 Å². The van der Waals surface area contributed by atoms with Crippen molar-refractivity contribution in [2.75, 3.05) is 31.6 Å². The maximum atomic E-state index is 5.56. The first kappa shape index (κ1) is 14.5. The van der Waals surface area contributed by atoms with Crippen molar-refractivity contribution in [3.63, 3.8) is 0 Å². The maximum Gasteiger partial charge on any atom is 0.0645 e. The van der Waals surface area contributed by atoms with Gasteiger partial charge in [0.25, 0.3) is 0 Å². The summed E-state index contributed by atoms with van der Waals surface area (Å²) in [5.41, 5.74) is 0.543. The molecule has 0 bridgehead atoms. The second-order valence-electron chi connectivity index (χ2n) is 6.53. The summed E-state index contributed by atoms with van der Waals surface area (Å²) in [5.74, 6) is 0.685. The van der Waals surface area contributed by atoms with Crippen molar-refractivity contribution in [2.45, 2.75) is 40.2 Å². The number of hydrogen-bond donors (Lipinski definition) is 0. The minimum Gasteiger partial charge on any atom is -0.378 e. The fourth-order valence-corrected chi connectivity index (χ4v) is 3.23. The molecule has 0 aromatic carbocycles. The maximum absolute atomic E-state index is 5.56. The Morgan fingerprint density at radius 1 is 1.38 bits per heavy atom. The van der Waals surface area contributed by atoms with Crippen molar-refractivity contribution >= 4 is 15.9 Å². The summed E-state index contributed by atoms with van der Waals surface area (Å²) in [7, 11) is 0. The molecular weight excluding hydrogens is 266 g/mol. The van der Waals surface area contributed by atoms with Gasteiger partial charge in [0.2, 0.25) is 0 Å². The third-order valence-electron chi connectivity index (χ3n) is 3.67. The summed E-state index contributed by atoms with van der Waals surface area (Å²) < 4.78 is 5.56. The van der Waals surface area contributed by atoms with Crippen LogP contribution in [-0.2, 0) is 4.74 Å². The fourth-order valence-electron chi connectivity index (χ4n) is 2.05. The minimum absolute atomic E-state index is 0.184. The van der Waals surface area contributed by atoms with Gasteiger partial charge >= 0.3 is 0 Å². The number of morpholine rings is 1. The van der Waals surface area contributed by atoms with Crippen molar-refractivity contribution in [1.82, 2.24) is 4.90 Å². The highest BCUT2D eigenvalue weighted by Gasteiger charge is 2.34. The Kier molecular flexibility index (Phi) is 4.85. The zero-order valence-corrected chi connectivity index (χ0v) is 12.9. The van der Waals surface area contributed by atoms with Crippen LogP contribution >= 0.6 is 15.9 Å². The second-order valence-corrected chi connectivity index (χ2v) is 7.18. The van der Waals surface area contributed by atoms with Gasteiger partial charge in [0, 0.05) is 24.0 Å². The summed E-state index contributed by atoms with van der Waals surface area (Å²) >= 11 is 3.66. The molecule has 1 heterocycles. The van der Waals surface area contributed by atoms with Crippen LogP contribution < -0.4 is 0 Å². The van der Waals surface area contributed by atoms with E-state index in [1.54, 1.807) is 0 Å². The second kappa shape index (κ2) is 5.36. The third-order valence-corrected chi connectivity index (χ3v) is 4.45. The Morgan fingerprint density at radius 2 is 2.00 bits per heavy atom. The Balaban J connectivity index is 2.63. The van der Waals surface area contributed by atoms with E-state index in [9.17, 15) is 0 Å². The van der Waals surface area contributed by atoms with E-state index in [1.165, 1.54) is 0 Å². The van der Waals surface area contributed by atoms with Crippen molar-refractivity contribution in [2.24, 2.45) is 11.3 Å². The quantitative estimate of drug-likeness (QED) is 0.741. The highest BCUT2D eigenvalue weighted by molar-refractivity contribution is 9.09. The van der Waals surface area contributed by atoms with Crippen molar-refractivity contribution in [3.05, 3.63) is 0 Å². The summed E-state index contributed by atoms with van der Waals surface area (Å²) in [4.78, 5) is 2.58. The van der Waals surface area contributed by atoms with Gasteiger partial charge in [0.15, 0.2) is 0 Å². The van der Waals surface area contributed by atoms with Gasteiger partial charge in [-0.3, -0.25) is 4.90 Å². The molecule has 0 saturated carbocycles. The van der Waals surface area contributed by atoms with Crippen LogP contribution in [0.15, 0.2) is 0 Å². The molecule has 1 unspecified atom stereocenters. The van der Waals surface area contributed by atoms with E-state index in [0.717, 1.165) is 31.6 Å². The molecule has 0 N–H and O–H groups in total. The van der Waals surface area contributed by atoms with Gasteiger partial charge in [-0.2, -0.15) is 0 Å². The Hall–Kier alpha value is 0.400. The molecule has 0 aliphatic carbocycles. The smallest absolute Gasteiger partial charge is 0.0645 e. The van der Waals surface area contributed by atoms with Crippen LogP contribution in [0.4, 0.5) is 0 Å². The fraction of sp³-hybridized carbons (Fsp3) is 1.00. The lowest BCUT2D eigenvalue weighted by molar-refractivity contribution is -0.0617. The van der Waals surface area contributed by atoms with E-state index in [0.29, 0.717) is 11.3 Å². The number of hydrogen-bond acceptors (Lipinski definition) is 2. The molecule has 1 aliphatic heterocycles. The molecule has 16 heavy (non-hydrogen) atoms. The van der Waals surface area contributed by atoms with Gasteiger partial charge in [-0.15, -0.1) is 0 Å². The molecular formula is C13H26BrNO. The molecule has 0 radical (unpaired) electrons. The third kappa shape index (κ3) is 3.71. The van der Waals surface area contributed by atoms with Crippen LogP contribution in [0.2, 0.25) is 0 Å². The van der Waals surface area contributed by atoms with E-state index in [2.05, 4.69) is 55.4 Å². The molecule has 3 heteroatoms. The highest BCUT2D eigenvalue weighted by atomic mass is 79.9. The van der Waals surface area contributed by atoms with E-state index < -0.39 is 0 Å². The predicted octanol–water partition coefficient (Wildman–Crippen LogP) is 3.15. The number of ether oxygens (including phenoxy) is 1. The molecule has 0 aromatic rings. The molecule has 2 nitrogen and oxygen atoms in total. The standard InChI is InChI=1S/C13H26BrNO/c1-12(2,3)11(8-14)9-15-6-7-16-10-13(15,4)5/h11H,6-10H2,1-5H3. The van der Waals surface area contributed by atoms with E-state index in [1.807, 2.05) is 0 Å². The topological polar surface area (TPSA) is 12.5 Å². The average molecular weight is 292 g/mol. The first-order valence-electron chi connectivity index (χ1n) is 6.16. The summed E-state index contributed by atoms with van der Waals surface area (Å²) in [6.07, 6.45) is 0. The van der Waals surface area contributed by atoms with Gasteiger partial charge in [-0.05, 0) is 25.2 Å². The lowest BCUT2D eigenvalue weighted by Gasteiger charge is -2.45. The zero-order valence-electron chi connectivity index (χ0n) is 11.3. The lowest BCUT2D eigenvalue weighted by atomic mass is 9.81. The number of halogens is 1. The molecule has 1 fully saturated rings. The van der Waals surface area contributed by atoms with Crippen molar-refractivity contribution < 1.29 is 4.74 Å². The average Bonchev–Trinajstić information content (AvgIpc) is 2.13. The number of nitrogens with zero attached hydrogens (tertiary/aromatic N) is 1. The van der Waals surface area contributed by atoms with Crippen LogP contribution in [0.1, 0.15) is 34.6 Å². The van der Waals surface area contributed by atoms with Gasteiger partial charge in [-0.1, -0.05) is 36.7 Å². The summed E-state index contributed by atoms with van der Waals surface area (Å²) in [6, 6.07) is 0. The van der Waals surface area contributed by atoms with Gasteiger partial charge in [0.05, 0.1) is 13.2 Å². The van der Waals surface area contributed by atoms with Gasteiger partial charge < -0.3 is 4.74 Å². The largest absolute Gasteiger partial charge is 0.378 e. The molecule has 1 rings (SSSR count). The van der Waals surface area contributed by atoms with Crippen LogP contribution in [0, 0.1) is 11.3 Å². The Bertz CT molecular complexity index is 222. The predicted molar refractivity (Wildman–Crippen MR) is 73.2 cm³/mol. The molecule has 96 valence electrons. The van der Waals surface area contributed by atoms with Crippen molar-refractivity contribution in [1.29, 1.82) is 0 Å². The first-order chi connectivity index (χ1) is 7.27. The van der Waals surface area contributed by atoms with E-state index >= 15 is 0 Å². The number of rotatable bonds is 3.